The normalized spacial score (nSPS) is 17.1. The molecule has 2 aromatic carbocycles. The van der Waals surface area contributed by atoms with E-state index >= 15 is 0 Å². The fraction of sp³-hybridized carbons (Fsp3) is 0.280. The lowest BCUT2D eigenvalue weighted by Crippen LogP contribution is -2.18. The van der Waals surface area contributed by atoms with Crippen LogP contribution in [-0.4, -0.2) is 43.8 Å². The number of carbonyl (C=O) groups is 1. The van der Waals surface area contributed by atoms with E-state index in [1.165, 1.54) is 7.11 Å². The lowest BCUT2D eigenvalue weighted by Gasteiger charge is -2.19. The predicted molar refractivity (Wildman–Crippen MR) is 120 cm³/mol. The smallest absolute Gasteiger partial charge is 0.355 e. The van der Waals surface area contributed by atoms with Crippen molar-refractivity contribution in [2.45, 2.75) is 25.6 Å². The van der Waals surface area contributed by atoms with Gasteiger partial charge in [0.1, 0.15) is 23.1 Å². The molecule has 0 radical (unpaired) electrons. The molecular weight excluding hydrogens is 430 g/mol. The van der Waals surface area contributed by atoms with Gasteiger partial charge in [0.05, 0.1) is 25.8 Å². The van der Waals surface area contributed by atoms with Gasteiger partial charge < -0.3 is 18.8 Å². The van der Waals surface area contributed by atoms with Crippen molar-refractivity contribution in [1.29, 1.82) is 0 Å². The van der Waals surface area contributed by atoms with Crippen LogP contribution in [0.1, 0.15) is 33.6 Å². The summed E-state index contributed by atoms with van der Waals surface area (Å²) < 4.78 is 46.7. The average Bonchev–Trinajstić information content (AvgIpc) is 3.41. The monoisotopic (exact) mass is 452 g/mol. The SMILES string of the molecule is COC(=O)c1c(C2=CCC=NC2OC)c2cc3c(cc2n1Cc1cc(F)ccc1F)CCO3. The minimum Gasteiger partial charge on any atom is -0.493 e. The number of halogens is 2. The average molecular weight is 452 g/mol. The van der Waals surface area contributed by atoms with Crippen LogP contribution in [0.3, 0.4) is 0 Å². The number of methoxy groups -OCH3 is 2. The molecule has 6 nitrogen and oxygen atoms in total. The van der Waals surface area contributed by atoms with Gasteiger partial charge in [0, 0.05) is 48.3 Å². The fourth-order valence-electron chi connectivity index (χ4n) is 4.55. The third kappa shape index (κ3) is 3.60. The number of hydrogen-bond acceptors (Lipinski definition) is 5. The highest BCUT2D eigenvalue weighted by Crippen LogP contribution is 2.41. The Balaban J connectivity index is 1.82. The highest BCUT2D eigenvalue weighted by molar-refractivity contribution is 6.07. The molecule has 0 N–H and O–H groups in total. The van der Waals surface area contributed by atoms with Gasteiger partial charge in [0.15, 0.2) is 6.23 Å². The van der Waals surface area contributed by atoms with E-state index in [-0.39, 0.29) is 17.8 Å². The largest absolute Gasteiger partial charge is 0.493 e. The lowest BCUT2D eigenvalue weighted by molar-refractivity contribution is 0.0589. The summed E-state index contributed by atoms with van der Waals surface area (Å²) in [6, 6.07) is 7.13. The number of aromatic nitrogens is 1. The fourth-order valence-corrected chi connectivity index (χ4v) is 4.55. The van der Waals surface area contributed by atoms with Crippen molar-refractivity contribution in [1.82, 2.24) is 4.57 Å². The van der Waals surface area contributed by atoms with Crippen LogP contribution in [0, 0.1) is 11.6 Å². The van der Waals surface area contributed by atoms with Crippen LogP contribution in [0.5, 0.6) is 5.75 Å². The summed E-state index contributed by atoms with van der Waals surface area (Å²) in [5.74, 6) is -0.968. The number of hydrogen-bond donors (Lipinski definition) is 0. The number of allylic oxidation sites excluding steroid dienone is 1. The quantitative estimate of drug-likeness (QED) is 0.534. The molecule has 1 atom stereocenters. The van der Waals surface area contributed by atoms with E-state index in [2.05, 4.69) is 4.99 Å². The Morgan fingerprint density at radius 3 is 2.88 bits per heavy atom. The Labute approximate surface area is 189 Å². The molecule has 0 aliphatic carbocycles. The van der Waals surface area contributed by atoms with Gasteiger partial charge in [-0.3, -0.25) is 4.99 Å². The first kappa shape index (κ1) is 21.3. The van der Waals surface area contributed by atoms with Crippen molar-refractivity contribution in [2.75, 3.05) is 20.8 Å². The van der Waals surface area contributed by atoms with Crippen LogP contribution >= 0.6 is 0 Å². The maximum Gasteiger partial charge on any atom is 0.355 e. The topological polar surface area (TPSA) is 62.0 Å². The van der Waals surface area contributed by atoms with Crippen molar-refractivity contribution in [3.8, 4) is 5.75 Å². The van der Waals surface area contributed by atoms with E-state index in [0.717, 1.165) is 41.3 Å². The Kier molecular flexibility index (Phi) is 5.46. The number of ether oxygens (including phenoxy) is 3. The number of carbonyl (C=O) groups excluding carboxylic acids is 1. The number of rotatable bonds is 5. The second-order valence-corrected chi connectivity index (χ2v) is 7.93. The molecule has 8 heteroatoms. The zero-order valence-corrected chi connectivity index (χ0v) is 18.2. The minimum absolute atomic E-state index is 0.0572. The van der Waals surface area contributed by atoms with E-state index in [1.54, 1.807) is 17.9 Å². The number of nitrogens with zero attached hydrogens (tertiary/aromatic N) is 2. The molecular formula is C25H22F2N2O4. The molecule has 1 unspecified atom stereocenters. The Morgan fingerprint density at radius 2 is 2.09 bits per heavy atom. The molecule has 0 spiro atoms. The van der Waals surface area contributed by atoms with Crippen LogP contribution in [-0.2, 0) is 22.4 Å². The molecule has 3 heterocycles. The van der Waals surface area contributed by atoms with Crippen LogP contribution < -0.4 is 4.74 Å². The van der Waals surface area contributed by atoms with Crippen molar-refractivity contribution in [3.63, 3.8) is 0 Å². The van der Waals surface area contributed by atoms with Crippen molar-refractivity contribution in [2.24, 2.45) is 4.99 Å². The summed E-state index contributed by atoms with van der Waals surface area (Å²) >= 11 is 0. The van der Waals surface area contributed by atoms with Crippen molar-refractivity contribution in [3.05, 3.63) is 70.4 Å². The zero-order valence-electron chi connectivity index (χ0n) is 18.2. The molecule has 0 amide bonds. The van der Waals surface area contributed by atoms with Gasteiger partial charge in [-0.1, -0.05) is 6.08 Å². The van der Waals surface area contributed by atoms with Gasteiger partial charge >= 0.3 is 5.97 Å². The molecule has 5 rings (SSSR count). The summed E-state index contributed by atoms with van der Waals surface area (Å²) in [6.45, 7) is 0.506. The van der Waals surface area contributed by atoms with Gasteiger partial charge in [0.2, 0.25) is 0 Å². The predicted octanol–water partition coefficient (Wildman–Crippen LogP) is 4.52. The number of esters is 1. The first-order valence-corrected chi connectivity index (χ1v) is 10.6. The van der Waals surface area contributed by atoms with Crippen LogP contribution in [0.2, 0.25) is 0 Å². The van der Waals surface area contributed by atoms with E-state index in [0.29, 0.717) is 29.7 Å². The first-order valence-electron chi connectivity index (χ1n) is 10.6. The third-order valence-electron chi connectivity index (χ3n) is 6.05. The minimum atomic E-state index is -0.610. The van der Waals surface area contributed by atoms with Gasteiger partial charge in [-0.2, -0.15) is 0 Å². The Bertz CT molecular complexity index is 1330. The number of dihydropyridines is 1. The molecule has 0 bridgehead atoms. The van der Waals surface area contributed by atoms with E-state index in [4.69, 9.17) is 14.2 Å². The van der Waals surface area contributed by atoms with E-state index < -0.39 is 23.8 Å². The summed E-state index contributed by atoms with van der Waals surface area (Å²) in [7, 11) is 2.84. The summed E-state index contributed by atoms with van der Waals surface area (Å²) in [6.07, 6.45) is 4.38. The zero-order chi connectivity index (χ0) is 23.1. The summed E-state index contributed by atoms with van der Waals surface area (Å²) in [5, 5.41) is 0.735. The van der Waals surface area contributed by atoms with E-state index in [9.17, 15) is 13.6 Å². The van der Waals surface area contributed by atoms with Gasteiger partial charge in [-0.25, -0.2) is 13.6 Å². The highest BCUT2D eigenvalue weighted by Gasteiger charge is 2.31. The standard InChI is InChI=1S/C25H22F2N2O4/c1-31-24-17(4-3-8-28-24)22-18-12-21-14(7-9-33-21)11-20(18)29(23(22)25(30)32-2)13-15-10-16(26)5-6-19(15)27/h4-6,8,10-12,24H,3,7,9,13H2,1-2H3. The van der Waals surface area contributed by atoms with Crippen LogP contribution in [0.4, 0.5) is 8.78 Å². The Morgan fingerprint density at radius 1 is 1.24 bits per heavy atom. The molecule has 170 valence electrons. The second kappa shape index (κ2) is 8.44. The number of aliphatic imine (C=N–C) groups is 1. The van der Waals surface area contributed by atoms with Gasteiger partial charge in [0.25, 0.3) is 0 Å². The molecule has 33 heavy (non-hydrogen) atoms. The van der Waals surface area contributed by atoms with Crippen LogP contribution in [0.25, 0.3) is 16.5 Å². The van der Waals surface area contributed by atoms with Crippen LogP contribution in [0.15, 0.2) is 41.4 Å². The number of benzene rings is 2. The first-order chi connectivity index (χ1) is 16.0. The maximum atomic E-state index is 14.6. The molecule has 0 saturated heterocycles. The highest BCUT2D eigenvalue weighted by atomic mass is 19.1. The van der Waals surface area contributed by atoms with Crippen molar-refractivity contribution >= 4 is 28.7 Å². The van der Waals surface area contributed by atoms with E-state index in [1.807, 2.05) is 18.2 Å². The lowest BCUT2D eigenvalue weighted by atomic mass is 9.97. The second-order valence-electron chi connectivity index (χ2n) is 7.93. The van der Waals surface area contributed by atoms with Gasteiger partial charge in [-0.05, 0) is 35.9 Å². The summed E-state index contributed by atoms with van der Waals surface area (Å²) in [5.41, 5.74) is 3.34. The molecule has 0 fully saturated rings. The molecule has 1 aromatic heterocycles. The van der Waals surface area contributed by atoms with Crippen molar-refractivity contribution < 1.29 is 27.8 Å². The molecule has 2 aliphatic heterocycles. The molecule has 2 aliphatic rings. The molecule has 0 saturated carbocycles. The maximum absolute atomic E-state index is 14.6. The summed E-state index contributed by atoms with van der Waals surface area (Å²) in [4.78, 5) is 17.5. The number of fused-ring (bicyclic) bond motifs is 2. The molecule has 3 aromatic rings. The third-order valence-corrected chi connectivity index (χ3v) is 6.05. The van der Waals surface area contributed by atoms with Gasteiger partial charge in [-0.15, -0.1) is 0 Å². The Hall–Kier alpha value is -3.52.